The van der Waals surface area contributed by atoms with Gasteiger partial charge in [0.1, 0.15) is 5.75 Å². The second-order valence-electron chi connectivity index (χ2n) is 6.94. The van der Waals surface area contributed by atoms with Crippen LogP contribution in [0.5, 0.6) is 0 Å². The third-order valence-corrected chi connectivity index (χ3v) is 6.46. The summed E-state index contributed by atoms with van der Waals surface area (Å²) in [5, 5.41) is 16.1. The molecular weight excluding hydrogens is 444 g/mol. The Hall–Kier alpha value is -2.34. The Morgan fingerprint density at radius 2 is 1.62 bits per heavy atom. The van der Waals surface area contributed by atoms with Crippen LogP contribution in [0.2, 0.25) is 0 Å². The van der Waals surface area contributed by atoms with Crippen molar-refractivity contribution in [2.24, 2.45) is 0 Å². The highest BCUT2D eigenvalue weighted by Gasteiger charge is 2.50. The predicted molar refractivity (Wildman–Crippen MR) is 126 cm³/mol. The maximum atomic E-state index is 11.7. The lowest BCUT2D eigenvalue weighted by Crippen LogP contribution is -2.36. The lowest BCUT2D eigenvalue weighted by molar-refractivity contribution is -0.592. The standard InChI is InChI=1S/C24H21BrN2OS/c1-18(26-21-14-12-20(25)13-15-21)16-23-27(22-10-6-3-7-11-22)24(28,17-29-23)19-8-4-2-5-9-19/h2-16,28H,17H2,1H3/p+1/t24-/m1/s1. The molecule has 3 nitrogen and oxygen atoms in total. The summed E-state index contributed by atoms with van der Waals surface area (Å²) in [5.41, 5.74) is 2.78. The molecule has 1 aliphatic heterocycles. The minimum Gasteiger partial charge on any atom is -0.359 e. The van der Waals surface area contributed by atoms with Crippen molar-refractivity contribution in [2.45, 2.75) is 12.6 Å². The molecule has 1 heterocycles. The second-order valence-corrected chi connectivity index (χ2v) is 8.85. The molecule has 0 saturated carbocycles. The zero-order valence-corrected chi connectivity index (χ0v) is 18.5. The molecule has 0 spiro atoms. The van der Waals surface area contributed by atoms with Crippen molar-refractivity contribution in [3.8, 4) is 0 Å². The van der Waals surface area contributed by atoms with Crippen molar-refractivity contribution in [1.29, 1.82) is 0 Å². The molecule has 29 heavy (non-hydrogen) atoms. The van der Waals surface area contributed by atoms with Crippen molar-refractivity contribution in [1.82, 2.24) is 0 Å². The van der Waals surface area contributed by atoms with Gasteiger partial charge < -0.3 is 10.4 Å². The summed E-state index contributed by atoms with van der Waals surface area (Å²) in [6.45, 7) is 2.04. The lowest BCUT2D eigenvalue weighted by atomic mass is 10.0. The van der Waals surface area contributed by atoms with Crippen molar-refractivity contribution >= 4 is 44.1 Å². The number of hydrogen-bond acceptors (Lipinski definition) is 3. The maximum Gasteiger partial charge on any atom is 0.307 e. The van der Waals surface area contributed by atoms with E-state index in [2.05, 4.69) is 27.3 Å². The summed E-state index contributed by atoms with van der Waals surface area (Å²) >= 11 is 5.12. The first-order valence-corrected chi connectivity index (χ1v) is 11.2. The van der Waals surface area contributed by atoms with Crippen LogP contribution >= 0.6 is 27.7 Å². The second kappa shape index (κ2) is 8.57. The highest BCUT2D eigenvalue weighted by molar-refractivity contribution is 9.10. The van der Waals surface area contributed by atoms with Gasteiger partial charge >= 0.3 is 5.72 Å². The van der Waals surface area contributed by atoms with E-state index in [0.29, 0.717) is 5.75 Å². The summed E-state index contributed by atoms with van der Waals surface area (Å²) in [6, 6.07) is 28.0. The van der Waals surface area contributed by atoms with E-state index in [4.69, 9.17) is 0 Å². The lowest BCUT2D eigenvalue weighted by Gasteiger charge is -2.20. The first-order valence-electron chi connectivity index (χ1n) is 9.40. The molecule has 0 aromatic heterocycles. The molecule has 1 atom stereocenters. The fourth-order valence-corrected chi connectivity index (χ4v) is 4.96. The number of thioether (sulfide) groups is 1. The summed E-state index contributed by atoms with van der Waals surface area (Å²) in [5.74, 6) is 0.559. The fraction of sp³-hybridized carbons (Fsp3) is 0.125. The third-order valence-electron chi connectivity index (χ3n) is 4.79. The van der Waals surface area contributed by atoms with Crippen LogP contribution in [0.4, 0.5) is 11.4 Å². The Labute approximate surface area is 183 Å². The van der Waals surface area contributed by atoms with Gasteiger partial charge in [0.15, 0.2) is 0 Å². The average molecular weight is 466 g/mol. The topological polar surface area (TPSA) is 35.3 Å². The molecule has 3 aromatic carbocycles. The van der Waals surface area contributed by atoms with E-state index in [-0.39, 0.29) is 0 Å². The predicted octanol–water partition coefficient (Wildman–Crippen LogP) is 6.10. The number of hydrogen-bond donors (Lipinski definition) is 2. The van der Waals surface area contributed by atoms with Crippen LogP contribution in [0.3, 0.4) is 0 Å². The Morgan fingerprint density at radius 3 is 2.28 bits per heavy atom. The molecule has 5 heteroatoms. The Kier molecular flexibility index (Phi) is 5.90. The number of aliphatic hydroxyl groups is 1. The molecule has 0 fully saturated rings. The van der Waals surface area contributed by atoms with Gasteiger partial charge in [-0.2, -0.15) is 4.58 Å². The average Bonchev–Trinajstić information content (AvgIpc) is 3.08. The van der Waals surface area contributed by atoms with E-state index < -0.39 is 5.72 Å². The molecule has 0 saturated heterocycles. The minimum absolute atomic E-state index is 0.559. The quantitative estimate of drug-likeness (QED) is 0.446. The van der Waals surface area contributed by atoms with Gasteiger partial charge in [-0.25, -0.2) is 0 Å². The van der Waals surface area contributed by atoms with Crippen molar-refractivity contribution in [3.05, 3.63) is 107 Å². The fourth-order valence-electron chi connectivity index (χ4n) is 3.41. The highest BCUT2D eigenvalue weighted by Crippen LogP contribution is 2.39. The van der Waals surface area contributed by atoms with Crippen molar-refractivity contribution < 1.29 is 9.68 Å². The molecule has 0 bridgehead atoms. The van der Waals surface area contributed by atoms with E-state index in [1.54, 1.807) is 11.8 Å². The number of nitrogens with one attached hydrogen (secondary N) is 1. The molecule has 1 aliphatic rings. The Bertz CT molecular complexity index is 1050. The molecule has 4 rings (SSSR count). The first kappa shape index (κ1) is 20.0. The van der Waals surface area contributed by atoms with E-state index in [1.807, 2.05) is 96.4 Å². The largest absolute Gasteiger partial charge is 0.359 e. The number of halogens is 1. The van der Waals surface area contributed by atoms with Gasteiger partial charge in [0.05, 0.1) is 5.56 Å². The summed E-state index contributed by atoms with van der Waals surface area (Å²) in [4.78, 5) is 0. The molecule has 0 aliphatic carbocycles. The molecule has 0 unspecified atom stereocenters. The number of nitrogens with zero attached hydrogens (tertiary/aromatic N) is 1. The normalized spacial score (nSPS) is 19.5. The first-order chi connectivity index (χ1) is 14.1. The van der Waals surface area contributed by atoms with Crippen LogP contribution in [-0.4, -0.2) is 20.5 Å². The SMILES string of the molecule is C/C(=C/C1=[N+](c2ccccc2)[C@](O)(c2ccccc2)CS1)Nc1ccc(Br)cc1. The van der Waals surface area contributed by atoms with Crippen molar-refractivity contribution in [3.63, 3.8) is 0 Å². The van der Waals surface area contributed by atoms with E-state index >= 15 is 0 Å². The molecule has 146 valence electrons. The smallest absolute Gasteiger partial charge is 0.307 e. The monoisotopic (exact) mass is 465 g/mol. The van der Waals surface area contributed by atoms with Gasteiger partial charge in [-0.1, -0.05) is 52.3 Å². The van der Waals surface area contributed by atoms with Crippen LogP contribution < -0.4 is 5.32 Å². The van der Waals surface area contributed by atoms with Crippen LogP contribution in [0, 0.1) is 0 Å². The zero-order valence-electron chi connectivity index (χ0n) is 16.0. The number of para-hydroxylation sites is 1. The van der Waals surface area contributed by atoms with Crippen LogP contribution in [0.1, 0.15) is 12.5 Å². The Balaban J connectivity index is 1.75. The minimum atomic E-state index is -1.10. The van der Waals surface area contributed by atoms with Gasteiger partial charge in [-0.05, 0) is 55.1 Å². The van der Waals surface area contributed by atoms with Crippen LogP contribution in [0.15, 0.2) is 101 Å². The number of allylic oxidation sites excluding steroid dienone is 1. The maximum absolute atomic E-state index is 11.7. The number of benzene rings is 3. The van der Waals surface area contributed by atoms with E-state index in [1.165, 1.54) is 0 Å². The summed E-state index contributed by atoms with van der Waals surface area (Å²) in [6.07, 6.45) is 2.10. The molecule has 3 aromatic rings. The van der Waals surface area contributed by atoms with Gasteiger partial charge in [0.2, 0.25) is 10.7 Å². The van der Waals surface area contributed by atoms with Crippen LogP contribution in [0.25, 0.3) is 0 Å². The number of rotatable bonds is 5. The van der Waals surface area contributed by atoms with E-state index in [9.17, 15) is 5.11 Å². The van der Waals surface area contributed by atoms with Gasteiger partial charge in [-0.15, -0.1) is 0 Å². The van der Waals surface area contributed by atoms with Gasteiger partial charge in [-0.3, -0.25) is 0 Å². The third kappa shape index (κ3) is 4.32. The summed E-state index contributed by atoms with van der Waals surface area (Å²) < 4.78 is 3.08. The number of anilines is 1. The summed E-state index contributed by atoms with van der Waals surface area (Å²) in [7, 11) is 0. The van der Waals surface area contributed by atoms with E-state index in [0.717, 1.165) is 32.2 Å². The van der Waals surface area contributed by atoms with Crippen molar-refractivity contribution in [2.75, 3.05) is 11.1 Å². The van der Waals surface area contributed by atoms with Gasteiger partial charge in [0, 0.05) is 34.1 Å². The Morgan fingerprint density at radius 1 is 1.00 bits per heavy atom. The molecule has 2 N–H and O–H groups in total. The zero-order chi connectivity index (χ0) is 20.3. The molecule has 0 radical (unpaired) electrons. The highest BCUT2D eigenvalue weighted by atomic mass is 79.9. The molecular formula is C24H22BrN2OS+. The van der Waals surface area contributed by atoms with Gasteiger partial charge in [0.25, 0.3) is 0 Å². The molecule has 0 amide bonds. The van der Waals surface area contributed by atoms with Crippen LogP contribution in [-0.2, 0) is 5.72 Å².